The third-order valence-electron chi connectivity index (χ3n) is 2.98. The van der Waals surface area contributed by atoms with Crippen LogP contribution in [-0.2, 0) is 19.9 Å². The maximum absolute atomic E-state index is 12.2. The molecule has 1 unspecified atom stereocenters. The van der Waals surface area contributed by atoms with Crippen LogP contribution >= 0.6 is 12.2 Å². The van der Waals surface area contributed by atoms with E-state index in [2.05, 4.69) is 4.72 Å². The van der Waals surface area contributed by atoms with Gasteiger partial charge in [0.15, 0.2) is 9.84 Å². The Balaban J connectivity index is 2.23. The van der Waals surface area contributed by atoms with E-state index in [1.165, 1.54) is 18.2 Å². The average Bonchev–Trinajstić information content (AvgIpc) is 2.68. The second-order valence-electron chi connectivity index (χ2n) is 4.61. The molecular formula is C11H14N2O4S3. The van der Waals surface area contributed by atoms with Crippen molar-refractivity contribution in [2.24, 2.45) is 5.73 Å². The Morgan fingerprint density at radius 3 is 2.65 bits per heavy atom. The highest BCUT2D eigenvalue weighted by Crippen LogP contribution is 2.16. The Kier molecular flexibility index (Phi) is 4.14. The molecule has 1 aliphatic rings. The molecule has 6 nitrogen and oxygen atoms in total. The minimum atomic E-state index is -3.78. The van der Waals surface area contributed by atoms with Crippen molar-refractivity contribution < 1.29 is 16.8 Å². The fraction of sp³-hybridized carbons (Fsp3) is 0.364. The Morgan fingerprint density at radius 2 is 2.10 bits per heavy atom. The van der Waals surface area contributed by atoms with Crippen LogP contribution in [0.3, 0.4) is 0 Å². The number of sulfonamides is 1. The summed E-state index contributed by atoms with van der Waals surface area (Å²) >= 11 is 4.80. The van der Waals surface area contributed by atoms with Crippen molar-refractivity contribution in [2.75, 3.05) is 11.5 Å². The van der Waals surface area contributed by atoms with Crippen LogP contribution < -0.4 is 10.5 Å². The van der Waals surface area contributed by atoms with Gasteiger partial charge in [-0.05, 0) is 18.6 Å². The summed E-state index contributed by atoms with van der Waals surface area (Å²) < 4.78 is 49.4. The minimum Gasteiger partial charge on any atom is -0.389 e. The van der Waals surface area contributed by atoms with Crippen molar-refractivity contribution in [3.8, 4) is 0 Å². The van der Waals surface area contributed by atoms with E-state index in [0.29, 0.717) is 5.56 Å². The number of nitrogens with one attached hydrogen (secondary N) is 1. The third-order valence-corrected chi connectivity index (χ3v) is 6.50. The zero-order chi connectivity index (χ0) is 15.0. The molecule has 1 saturated heterocycles. The first kappa shape index (κ1) is 15.4. The lowest BCUT2D eigenvalue weighted by Gasteiger charge is -2.12. The van der Waals surface area contributed by atoms with Crippen LogP contribution in [0.25, 0.3) is 0 Å². The van der Waals surface area contributed by atoms with E-state index in [1.54, 1.807) is 6.07 Å². The summed E-state index contributed by atoms with van der Waals surface area (Å²) in [5.74, 6) is -0.158. The summed E-state index contributed by atoms with van der Waals surface area (Å²) in [6.45, 7) is 0. The molecule has 0 radical (unpaired) electrons. The van der Waals surface area contributed by atoms with Gasteiger partial charge in [-0.1, -0.05) is 24.4 Å². The number of benzene rings is 1. The van der Waals surface area contributed by atoms with Gasteiger partial charge in [0.1, 0.15) is 4.99 Å². The standard InChI is InChI=1S/C11H14N2O4S3/c12-11(18)8-2-1-3-10(6-8)20(16,17)13-9-4-5-19(14,15)7-9/h1-3,6,9,13H,4-5,7H2,(H2,12,18). The first-order valence-corrected chi connectivity index (χ1v) is 9.53. The van der Waals surface area contributed by atoms with Gasteiger partial charge in [0.05, 0.1) is 16.4 Å². The highest BCUT2D eigenvalue weighted by molar-refractivity contribution is 7.92. The Labute approximate surface area is 123 Å². The average molecular weight is 334 g/mol. The molecule has 0 aliphatic carbocycles. The molecule has 1 aromatic carbocycles. The first-order chi connectivity index (χ1) is 9.20. The minimum absolute atomic E-state index is 0.00706. The fourth-order valence-corrected chi connectivity index (χ4v) is 5.21. The quantitative estimate of drug-likeness (QED) is 0.738. The molecule has 1 heterocycles. The smallest absolute Gasteiger partial charge is 0.240 e. The van der Waals surface area contributed by atoms with Crippen LogP contribution in [0.1, 0.15) is 12.0 Å². The number of hydrogen-bond donors (Lipinski definition) is 2. The van der Waals surface area contributed by atoms with Crippen molar-refractivity contribution in [3.05, 3.63) is 29.8 Å². The van der Waals surface area contributed by atoms with Crippen LogP contribution in [0, 0.1) is 0 Å². The summed E-state index contributed by atoms with van der Waals surface area (Å²) in [6, 6.07) is 5.34. The molecule has 1 aromatic rings. The number of rotatable bonds is 4. The normalized spacial score (nSPS) is 21.7. The lowest BCUT2D eigenvalue weighted by atomic mass is 10.2. The molecule has 0 bridgehead atoms. The van der Waals surface area contributed by atoms with Crippen LogP contribution in [-0.4, -0.2) is 39.4 Å². The zero-order valence-corrected chi connectivity index (χ0v) is 12.9. The second-order valence-corrected chi connectivity index (χ2v) is 9.00. The predicted octanol–water partition coefficient (Wildman–Crippen LogP) is -0.214. The summed E-state index contributed by atoms with van der Waals surface area (Å²) in [7, 11) is -6.92. The van der Waals surface area contributed by atoms with Gasteiger partial charge in [-0.2, -0.15) is 0 Å². The van der Waals surface area contributed by atoms with E-state index in [-0.39, 0.29) is 27.8 Å². The predicted molar refractivity (Wildman–Crippen MR) is 79.7 cm³/mol. The molecule has 9 heteroatoms. The molecule has 2 rings (SSSR count). The molecule has 3 N–H and O–H groups in total. The lowest BCUT2D eigenvalue weighted by Crippen LogP contribution is -2.35. The zero-order valence-electron chi connectivity index (χ0n) is 10.4. The molecule has 1 atom stereocenters. The van der Waals surface area contributed by atoms with Gasteiger partial charge in [0, 0.05) is 11.6 Å². The van der Waals surface area contributed by atoms with Gasteiger partial charge in [-0.25, -0.2) is 21.6 Å². The lowest BCUT2D eigenvalue weighted by molar-refractivity contribution is 0.562. The summed E-state index contributed by atoms with van der Waals surface area (Å²) in [5, 5.41) is 0. The van der Waals surface area contributed by atoms with E-state index in [1.807, 2.05) is 0 Å². The number of nitrogens with two attached hydrogens (primary N) is 1. The van der Waals surface area contributed by atoms with Crippen molar-refractivity contribution >= 4 is 37.1 Å². The van der Waals surface area contributed by atoms with E-state index in [9.17, 15) is 16.8 Å². The fourth-order valence-electron chi connectivity index (χ4n) is 1.99. The van der Waals surface area contributed by atoms with Gasteiger partial charge in [0.2, 0.25) is 10.0 Å². The summed E-state index contributed by atoms with van der Waals surface area (Å²) in [6.07, 6.45) is 0.288. The van der Waals surface area contributed by atoms with Crippen molar-refractivity contribution in [1.29, 1.82) is 0 Å². The Morgan fingerprint density at radius 1 is 1.40 bits per heavy atom. The number of sulfone groups is 1. The van der Waals surface area contributed by atoms with Crippen LogP contribution in [0.15, 0.2) is 29.2 Å². The number of thiocarbonyl (C=S) groups is 1. The van der Waals surface area contributed by atoms with E-state index in [4.69, 9.17) is 18.0 Å². The van der Waals surface area contributed by atoms with Crippen LogP contribution in [0.5, 0.6) is 0 Å². The molecular weight excluding hydrogens is 320 g/mol. The monoisotopic (exact) mass is 334 g/mol. The summed E-state index contributed by atoms with van der Waals surface area (Å²) in [5.41, 5.74) is 5.91. The van der Waals surface area contributed by atoms with Gasteiger partial charge < -0.3 is 5.73 Å². The SMILES string of the molecule is NC(=S)c1cccc(S(=O)(=O)NC2CCS(=O)(=O)C2)c1. The van der Waals surface area contributed by atoms with E-state index in [0.717, 1.165) is 0 Å². The Hall–Kier alpha value is -1.03. The van der Waals surface area contributed by atoms with Crippen LogP contribution in [0.2, 0.25) is 0 Å². The van der Waals surface area contributed by atoms with E-state index < -0.39 is 25.9 Å². The molecule has 0 spiro atoms. The van der Waals surface area contributed by atoms with Crippen molar-refractivity contribution in [1.82, 2.24) is 4.72 Å². The van der Waals surface area contributed by atoms with E-state index >= 15 is 0 Å². The van der Waals surface area contributed by atoms with Gasteiger partial charge in [-0.15, -0.1) is 0 Å². The van der Waals surface area contributed by atoms with Crippen molar-refractivity contribution in [2.45, 2.75) is 17.4 Å². The van der Waals surface area contributed by atoms with Crippen molar-refractivity contribution in [3.63, 3.8) is 0 Å². The second kappa shape index (κ2) is 5.40. The maximum Gasteiger partial charge on any atom is 0.240 e. The maximum atomic E-state index is 12.2. The molecule has 0 aromatic heterocycles. The molecule has 1 fully saturated rings. The molecule has 1 aliphatic heterocycles. The molecule has 0 saturated carbocycles. The molecule has 0 amide bonds. The van der Waals surface area contributed by atoms with Gasteiger partial charge in [-0.3, -0.25) is 0 Å². The topological polar surface area (TPSA) is 106 Å². The largest absolute Gasteiger partial charge is 0.389 e. The highest BCUT2D eigenvalue weighted by atomic mass is 32.2. The third kappa shape index (κ3) is 3.54. The van der Waals surface area contributed by atoms with Gasteiger partial charge >= 0.3 is 0 Å². The molecule has 20 heavy (non-hydrogen) atoms. The van der Waals surface area contributed by atoms with Gasteiger partial charge in [0.25, 0.3) is 0 Å². The molecule has 110 valence electrons. The highest BCUT2D eigenvalue weighted by Gasteiger charge is 2.31. The van der Waals surface area contributed by atoms with Crippen LogP contribution in [0.4, 0.5) is 0 Å². The Bertz CT molecular complexity index is 741. The summed E-state index contributed by atoms with van der Waals surface area (Å²) in [4.78, 5) is 0.123. The first-order valence-electron chi connectivity index (χ1n) is 5.82. The number of hydrogen-bond acceptors (Lipinski definition) is 5.